The van der Waals surface area contributed by atoms with Gasteiger partial charge in [0.05, 0.1) is 7.11 Å². The first-order valence-corrected chi connectivity index (χ1v) is 7.76. The maximum Gasteiger partial charge on any atom is 0.277 e. The lowest BCUT2D eigenvalue weighted by molar-refractivity contribution is -0.0768. The molecule has 0 radical (unpaired) electrons. The van der Waals surface area contributed by atoms with Gasteiger partial charge in [0.15, 0.2) is 5.72 Å². The number of carbonyl (C=O) groups is 1. The summed E-state index contributed by atoms with van der Waals surface area (Å²) in [7, 11) is 1.54. The van der Waals surface area contributed by atoms with Crippen molar-refractivity contribution in [1.29, 1.82) is 0 Å². The van der Waals surface area contributed by atoms with E-state index in [-0.39, 0.29) is 12.3 Å². The van der Waals surface area contributed by atoms with Crippen molar-refractivity contribution in [1.82, 2.24) is 9.99 Å². The highest BCUT2D eigenvalue weighted by Crippen LogP contribution is 2.36. The number of hydrogen-bond donors (Lipinski definition) is 1. The Morgan fingerprint density at radius 2 is 2.21 bits per heavy atom. The summed E-state index contributed by atoms with van der Waals surface area (Å²) in [5.74, 6) is 0.188. The van der Waals surface area contributed by atoms with Crippen molar-refractivity contribution in [3.8, 4) is 5.75 Å². The van der Waals surface area contributed by atoms with Crippen LogP contribution in [0.3, 0.4) is 0 Å². The molecule has 1 aromatic carbocycles. The molecule has 1 atom stereocenters. The maximum absolute atomic E-state index is 12.9. The van der Waals surface area contributed by atoms with Gasteiger partial charge in [-0.25, -0.2) is 0 Å². The molecule has 2 aromatic rings. The van der Waals surface area contributed by atoms with Crippen LogP contribution in [0.5, 0.6) is 5.75 Å². The van der Waals surface area contributed by atoms with Crippen molar-refractivity contribution in [2.75, 3.05) is 7.11 Å². The Morgan fingerprint density at radius 3 is 2.88 bits per heavy atom. The summed E-state index contributed by atoms with van der Waals surface area (Å²) in [5, 5.41) is 16.7. The van der Waals surface area contributed by atoms with E-state index in [2.05, 4.69) is 10.1 Å². The summed E-state index contributed by atoms with van der Waals surface area (Å²) in [6.45, 7) is 1.95. The lowest BCUT2D eigenvalue weighted by Crippen LogP contribution is -2.43. The lowest BCUT2D eigenvalue weighted by Gasteiger charge is -2.31. The Labute approximate surface area is 140 Å². The van der Waals surface area contributed by atoms with Gasteiger partial charge in [-0.05, 0) is 30.7 Å². The average Bonchev–Trinajstić information content (AvgIpc) is 3.00. The molecule has 0 aliphatic carbocycles. The van der Waals surface area contributed by atoms with Gasteiger partial charge >= 0.3 is 0 Å². The topological polar surface area (TPSA) is 75.0 Å². The molecule has 1 N–H and O–H groups in total. The smallest absolute Gasteiger partial charge is 0.277 e. The number of amides is 1. The van der Waals surface area contributed by atoms with E-state index >= 15 is 0 Å². The van der Waals surface area contributed by atoms with E-state index < -0.39 is 5.72 Å². The summed E-state index contributed by atoms with van der Waals surface area (Å²) in [5.41, 5.74) is 0.170. The first kappa shape index (κ1) is 16.1. The van der Waals surface area contributed by atoms with E-state index in [4.69, 9.17) is 4.74 Å². The SMILES string of the molecule is CCC1=NN(C(=O)c2cccc(OC)c2)[C@@](O)(c2cccnc2)C1. The van der Waals surface area contributed by atoms with Crippen molar-refractivity contribution >= 4 is 11.6 Å². The molecule has 1 amide bonds. The van der Waals surface area contributed by atoms with Crippen LogP contribution in [0.4, 0.5) is 0 Å². The molecule has 3 rings (SSSR count). The van der Waals surface area contributed by atoms with Crippen LogP contribution in [0.1, 0.15) is 35.7 Å². The highest BCUT2D eigenvalue weighted by atomic mass is 16.5. The molecule has 0 saturated carbocycles. The molecule has 1 aliphatic heterocycles. The second-order valence-electron chi connectivity index (χ2n) is 5.60. The number of pyridine rings is 1. The molecule has 24 heavy (non-hydrogen) atoms. The van der Waals surface area contributed by atoms with Crippen molar-refractivity contribution in [2.24, 2.45) is 5.10 Å². The molecule has 124 valence electrons. The van der Waals surface area contributed by atoms with Gasteiger partial charge in [-0.15, -0.1) is 0 Å². The molecule has 0 spiro atoms. The molecule has 6 nitrogen and oxygen atoms in total. The Hall–Kier alpha value is -2.73. The number of rotatable bonds is 4. The predicted molar refractivity (Wildman–Crippen MR) is 89.6 cm³/mol. The standard InChI is InChI=1S/C18H19N3O3/c1-3-15-11-18(23,14-7-5-9-19-12-14)21(20-15)17(22)13-6-4-8-16(10-13)24-2/h4-10,12,23H,3,11H2,1-2H3/t18-/m0/s1. The number of aliphatic hydroxyl groups is 1. The second-order valence-corrected chi connectivity index (χ2v) is 5.60. The summed E-state index contributed by atoms with van der Waals surface area (Å²) < 4.78 is 5.17. The Balaban J connectivity index is 2.01. The third kappa shape index (κ3) is 2.76. The van der Waals surface area contributed by atoms with E-state index in [1.165, 1.54) is 0 Å². The van der Waals surface area contributed by atoms with Gasteiger partial charge in [0.1, 0.15) is 5.75 Å². The lowest BCUT2D eigenvalue weighted by atomic mass is 9.97. The summed E-state index contributed by atoms with van der Waals surface area (Å²) in [6, 6.07) is 10.3. The normalized spacial score (nSPS) is 20.0. The number of ether oxygens (including phenoxy) is 1. The minimum absolute atomic E-state index is 0.269. The average molecular weight is 325 g/mol. The van der Waals surface area contributed by atoms with Gasteiger partial charge in [0.2, 0.25) is 0 Å². The molecule has 1 aliphatic rings. The highest BCUT2D eigenvalue weighted by molar-refractivity contribution is 5.98. The zero-order chi connectivity index (χ0) is 17.2. The number of methoxy groups -OCH3 is 1. The van der Waals surface area contributed by atoms with Crippen molar-refractivity contribution < 1.29 is 14.6 Å². The van der Waals surface area contributed by atoms with Gasteiger partial charge in [-0.3, -0.25) is 9.78 Å². The number of aromatic nitrogens is 1. The maximum atomic E-state index is 12.9. The minimum Gasteiger partial charge on any atom is -0.497 e. The zero-order valence-corrected chi connectivity index (χ0v) is 13.6. The van der Waals surface area contributed by atoms with Crippen LogP contribution in [-0.2, 0) is 5.72 Å². The third-order valence-electron chi connectivity index (χ3n) is 4.08. The van der Waals surface area contributed by atoms with Gasteiger partial charge in [0, 0.05) is 35.7 Å². The van der Waals surface area contributed by atoms with E-state index in [0.29, 0.717) is 23.3 Å². The fourth-order valence-electron chi connectivity index (χ4n) is 2.73. The minimum atomic E-state index is -1.53. The molecule has 1 aromatic heterocycles. The van der Waals surface area contributed by atoms with E-state index in [1.807, 2.05) is 6.92 Å². The van der Waals surface area contributed by atoms with E-state index in [0.717, 1.165) is 10.7 Å². The molecular weight excluding hydrogens is 306 g/mol. The van der Waals surface area contributed by atoms with Crippen LogP contribution in [0.25, 0.3) is 0 Å². The van der Waals surface area contributed by atoms with Gasteiger partial charge < -0.3 is 9.84 Å². The zero-order valence-electron chi connectivity index (χ0n) is 13.6. The summed E-state index contributed by atoms with van der Waals surface area (Å²) >= 11 is 0. The third-order valence-corrected chi connectivity index (χ3v) is 4.08. The molecule has 2 heterocycles. The summed E-state index contributed by atoms with van der Waals surface area (Å²) in [6.07, 6.45) is 4.10. The second kappa shape index (κ2) is 6.41. The van der Waals surface area contributed by atoms with Crippen LogP contribution < -0.4 is 4.74 Å². The van der Waals surface area contributed by atoms with Crippen LogP contribution in [-0.4, -0.2) is 33.8 Å². The number of nitrogens with zero attached hydrogens (tertiary/aromatic N) is 3. The highest BCUT2D eigenvalue weighted by Gasteiger charge is 2.45. The summed E-state index contributed by atoms with van der Waals surface area (Å²) in [4.78, 5) is 17.0. The van der Waals surface area contributed by atoms with Gasteiger partial charge in [-0.1, -0.05) is 19.1 Å². The Kier molecular flexibility index (Phi) is 4.31. The van der Waals surface area contributed by atoms with Crippen LogP contribution in [0.2, 0.25) is 0 Å². The number of benzene rings is 1. The molecule has 0 fully saturated rings. The number of hydrogen-bond acceptors (Lipinski definition) is 5. The first-order chi connectivity index (χ1) is 11.6. The van der Waals surface area contributed by atoms with Crippen molar-refractivity contribution in [3.05, 3.63) is 59.9 Å². The number of carbonyl (C=O) groups excluding carboxylic acids is 1. The molecule has 0 bridgehead atoms. The largest absolute Gasteiger partial charge is 0.497 e. The molecule has 0 unspecified atom stereocenters. The van der Waals surface area contributed by atoms with Gasteiger partial charge in [0.25, 0.3) is 5.91 Å². The number of hydrazone groups is 1. The van der Waals surface area contributed by atoms with Crippen LogP contribution >= 0.6 is 0 Å². The first-order valence-electron chi connectivity index (χ1n) is 7.76. The monoisotopic (exact) mass is 325 g/mol. The van der Waals surface area contributed by atoms with E-state index in [1.54, 1.807) is 55.9 Å². The van der Waals surface area contributed by atoms with Crippen molar-refractivity contribution in [2.45, 2.75) is 25.5 Å². The fourth-order valence-corrected chi connectivity index (χ4v) is 2.73. The van der Waals surface area contributed by atoms with E-state index in [9.17, 15) is 9.90 Å². The predicted octanol–water partition coefficient (Wildman–Crippen LogP) is 2.55. The van der Waals surface area contributed by atoms with Crippen LogP contribution in [0.15, 0.2) is 53.9 Å². The molecule has 0 saturated heterocycles. The Morgan fingerprint density at radius 1 is 1.38 bits per heavy atom. The Bertz CT molecular complexity index is 776. The quantitative estimate of drug-likeness (QED) is 0.937. The van der Waals surface area contributed by atoms with Crippen LogP contribution in [0, 0.1) is 0 Å². The molecular formula is C18H19N3O3. The van der Waals surface area contributed by atoms with Gasteiger partial charge in [-0.2, -0.15) is 10.1 Å². The molecule has 6 heteroatoms. The van der Waals surface area contributed by atoms with Crippen molar-refractivity contribution in [3.63, 3.8) is 0 Å². The fraction of sp³-hybridized carbons (Fsp3) is 0.278.